The van der Waals surface area contributed by atoms with Crippen molar-refractivity contribution in [2.75, 3.05) is 16.8 Å². The fraction of sp³-hybridized carbons (Fsp3) is 0.174. The number of nitrogens with two attached hydrogens (primary N) is 2. The van der Waals surface area contributed by atoms with Crippen molar-refractivity contribution in [3.63, 3.8) is 0 Å². The second kappa shape index (κ2) is 10.2. The maximum Gasteiger partial charge on any atom is 0.319 e. The molecule has 35 heavy (non-hydrogen) atoms. The third-order valence-electron chi connectivity index (χ3n) is 5.33. The number of aromatic hydroxyl groups is 1. The van der Waals surface area contributed by atoms with Crippen molar-refractivity contribution in [3.8, 4) is 16.9 Å². The van der Waals surface area contributed by atoms with Gasteiger partial charge in [0.05, 0.1) is 28.2 Å². The minimum atomic E-state index is -1.20. The third kappa shape index (κ3) is 5.61. The first-order valence-electron chi connectivity index (χ1n) is 10.2. The van der Waals surface area contributed by atoms with Gasteiger partial charge in [-0.25, -0.2) is 4.79 Å². The van der Waals surface area contributed by atoms with E-state index < -0.39 is 35.8 Å². The Labute approximate surface area is 210 Å². The van der Waals surface area contributed by atoms with Gasteiger partial charge < -0.3 is 36.9 Å². The highest BCUT2D eigenvalue weighted by atomic mass is 35.5. The fourth-order valence-corrected chi connectivity index (χ4v) is 4.01. The summed E-state index contributed by atoms with van der Waals surface area (Å²) in [6.45, 7) is 1.56. The first-order valence-corrected chi connectivity index (χ1v) is 11.0. The number of carboxylic acid groups (broad SMARTS) is 1. The van der Waals surface area contributed by atoms with E-state index in [1.54, 1.807) is 37.3 Å². The number of halogens is 2. The fourth-order valence-electron chi connectivity index (χ4n) is 3.53. The SMILES string of the molecule is Cc1cn(C)c(=O)c(NC(=O)NC(CC(=O)O)c2cc(-c3cc(Cl)c(N)c(Cl)c3)ccc2N)c1O. The van der Waals surface area contributed by atoms with Crippen LogP contribution >= 0.6 is 23.2 Å². The van der Waals surface area contributed by atoms with Crippen LogP contribution in [0.15, 0.2) is 41.3 Å². The molecule has 184 valence electrons. The number of aliphatic carboxylic acids is 1. The Hall–Kier alpha value is -3.89. The number of benzene rings is 2. The highest BCUT2D eigenvalue weighted by Gasteiger charge is 2.23. The number of amides is 2. The summed E-state index contributed by atoms with van der Waals surface area (Å²) in [5.74, 6) is -1.59. The van der Waals surface area contributed by atoms with Crippen LogP contribution in [0, 0.1) is 6.92 Å². The summed E-state index contributed by atoms with van der Waals surface area (Å²) in [6, 6.07) is 6.05. The summed E-state index contributed by atoms with van der Waals surface area (Å²) < 4.78 is 1.20. The summed E-state index contributed by atoms with van der Waals surface area (Å²) in [4.78, 5) is 36.7. The maximum absolute atomic E-state index is 12.7. The summed E-state index contributed by atoms with van der Waals surface area (Å²) in [7, 11) is 1.47. The molecule has 2 aromatic carbocycles. The predicted molar refractivity (Wildman–Crippen MR) is 136 cm³/mol. The van der Waals surface area contributed by atoms with Crippen molar-refractivity contribution in [2.24, 2.45) is 7.05 Å². The number of carboxylic acids is 1. The van der Waals surface area contributed by atoms with Gasteiger partial charge in [0, 0.05) is 24.5 Å². The van der Waals surface area contributed by atoms with E-state index in [1.807, 2.05) is 0 Å². The molecule has 0 fully saturated rings. The number of anilines is 3. The van der Waals surface area contributed by atoms with Gasteiger partial charge in [-0.1, -0.05) is 29.3 Å². The van der Waals surface area contributed by atoms with E-state index >= 15 is 0 Å². The largest absolute Gasteiger partial charge is 0.505 e. The number of carbonyl (C=O) groups is 2. The lowest BCUT2D eigenvalue weighted by Crippen LogP contribution is -2.36. The third-order valence-corrected chi connectivity index (χ3v) is 5.95. The molecule has 0 aliphatic rings. The van der Waals surface area contributed by atoms with E-state index in [0.29, 0.717) is 22.3 Å². The van der Waals surface area contributed by atoms with E-state index in [9.17, 15) is 24.6 Å². The van der Waals surface area contributed by atoms with Crippen LogP contribution in [-0.4, -0.2) is 26.8 Å². The molecule has 0 aliphatic carbocycles. The van der Waals surface area contributed by atoms with Crippen molar-refractivity contribution in [3.05, 3.63) is 68.1 Å². The molecular weight excluding hydrogens is 497 g/mol. The molecule has 0 saturated carbocycles. The number of nitrogens with one attached hydrogen (secondary N) is 2. The Balaban J connectivity index is 1.97. The van der Waals surface area contributed by atoms with E-state index in [4.69, 9.17) is 34.7 Å². The average molecular weight is 520 g/mol. The summed E-state index contributed by atoms with van der Waals surface area (Å²) in [6.07, 6.45) is 0.901. The average Bonchev–Trinajstić information content (AvgIpc) is 2.78. The molecule has 0 bridgehead atoms. The number of aromatic nitrogens is 1. The predicted octanol–water partition coefficient (Wildman–Crippen LogP) is 3.88. The maximum atomic E-state index is 12.7. The minimum Gasteiger partial charge on any atom is -0.505 e. The lowest BCUT2D eigenvalue weighted by Gasteiger charge is -2.21. The summed E-state index contributed by atoms with van der Waals surface area (Å²) in [5.41, 5.74) is 13.2. The first kappa shape index (κ1) is 25.7. The highest BCUT2D eigenvalue weighted by molar-refractivity contribution is 6.39. The number of pyridine rings is 1. The van der Waals surface area contributed by atoms with Gasteiger partial charge >= 0.3 is 12.0 Å². The Morgan fingerprint density at radius 2 is 1.74 bits per heavy atom. The number of urea groups is 1. The zero-order valence-corrected chi connectivity index (χ0v) is 20.2. The van der Waals surface area contributed by atoms with Gasteiger partial charge in [0.1, 0.15) is 5.75 Å². The van der Waals surface area contributed by atoms with Crippen molar-refractivity contribution in [2.45, 2.75) is 19.4 Å². The molecule has 0 aliphatic heterocycles. The van der Waals surface area contributed by atoms with Gasteiger partial charge in [0.15, 0.2) is 5.69 Å². The van der Waals surface area contributed by atoms with Gasteiger partial charge in [0.2, 0.25) is 0 Å². The summed E-state index contributed by atoms with van der Waals surface area (Å²) in [5, 5.41) is 25.0. The minimum absolute atomic E-state index is 0.223. The van der Waals surface area contributed by atoms with Crippen LogP contribution in [0.25, 0.3) is 11.1 Å². The van der Waals surface area contributed by atoms with Crippen molar-refractivity contribution < 1.29 is 19.8 Å². The normalized spacial score (nSPS) is 11.7. The van der Waals surface area contributed by atoms with Crippen molar-refractivity contribution in [1.29, 1.82) is 0 Å². The monoisotopic (exact) mass is 519 g/mol. The number of rotatable bonds is 6. The number of hydrogen-bond donors (Lipinski definition) is 6. The molecule has 1 heterocycles. The van der Waals surface area contributed by atoms with Gasteiger partial charge in [-0.2, -0.15) is 0 Å². The quantitative estimate of drug-likeness (QED) is 0.268. The standard InChI is InChI=1S/C23H23Cl2N5O5/c1-10-9-30(2)22(34)20(21(10)33)29-23(35)28-17(8-18(31)32)13-5-11(3-4-16(13)26)12-6-14(24)19(27)15(25)7-12/h3-7,9,17,33H,8,26-27H2,1-2H3,(H,31,32)(H2,28,29,35). The second-order valence-corrected chi connectivity index (χ2v) is 8.71. The van der Waals surface area contributed by atoms with Crippen LogP contribution in [0.3, 0.4) is 0 Å². The second-order valence-electron chi connectivity index (χ2n) is 7.90. The molecule has 3 rings (SSSR count). The van der Waals surface area contributed by atoms with E-state index in [2.05, 4.69) is 10.6 Å². The number of nitrogen functional groups attached to an aromatic ring is 2. The van der Waals surface area contributed by atoms with Crippen LogP contribution in [-0.2, 0) is 11.8 Å². The molecule has 8 N–H and O–H groups in total. The number of carbonyl (C=O) groups excluding carboxylic acids is 1. The van der Waals surface area contributed by atoms with Crippen LogP contribution in [0.4, 0.5) is 21.9 Å². The van der Waals surface area contributed by atoms with E-state index in [-0.39, 0.29) is 27.1 Å². The van der Waals surface area contributed by atoms with Gasteiger partial charge in [-0.3, -0.25) is 9.59 Å². The molecular formula is C23H23Cl2N5O5. The first-order chi connectivity index (χ1) is 16.4. The molecule has 1 atom stereocenters. The summed E-state index contributed by atoms with van der Waals surface area (Å²) >= 11 is 12.3. The van der Waals surface area contributed by atoms with Crippen molar-refractivity contribution >= 4 is 52.3 Å². The lowest BCUT2D eigenvalue weighted by molar-refractivity contribution is -0.137. The molecule has 0 radical (unpaired) electrons. The number of hydrogen-bond acceptors (Lipinski definition) is 6. The number of aryl methyl sites for hydroxylation is 2. The van der Waals surface area contributed by atoms with Gasteiger partial charge in [-0.15, -0.1) is 0 Å². The molecule has 2 amide bonds. The molecule has 1 unspecified atom stereocenters. The number of nitrogens with zero attached hydrogens (tertiary/aromatic N) is 1. The molecule has 0 spiro atoms. The van der Waals surface area contributed by atoms with Crippen LogP contribution in [0.2, 0.25) is 10.0 Å². The van der Waals surface area contributed by atoms with E-state index in [1.165, 1.54) is 17.8 Å². The Morgan fingerprint density at radius 3 is 2.34 bits per heavy atom. The van der Waals surface area contributed by atoms with Gasteiger partial charge in [-0.05, 0) is 47.9 Å². The smallest absolute Gasteiger partial charge is 0.319 e. The molecule has 1 aromatic heterocycles. The lowest BCUT2D eigenvalue weighted by atomic mass is 9.96. The zero-order valence-electron chi connectivity index (χ0n) is 18.7. The Kier molecular flexibility index (Phi) is 7.47. The van der Waals surface area contributed by atoms with Gasteiger partial charge in [0.25, 0.3) is 5.56 Å². The zero-order chi connectivity index (χ0) is 26.0. The molecule has 10 nitrogen and oxygen atoms in total. The van der Waals surface area contributed by atoms with Crippen LogP contribution < -0.4 is 27.7 Å². The molecule has 3 aromatic rings. The van der Waals surface area contributed by atoms with Crippen LogP contribution in [0.5, 0.6) is 5.75 Å². The highest BCUT2D eigenvalue weighted by Crippen LogP contribution is 2.36. The molecule has 0 saturated heterocycles. The van der Waals surface area contributed by atoms with Crippen LogP contribution in [0.1, 0.15) is 23.6 Å². The molecule has 12 heteroatoms. The van der Waals surface area contributed by atoms with Crippen molar-refractivity contribution in [1.82, 2.24) is 9.88 Å². The topological polar surface area (TPSA) is 173 Å². The van der Waals surface area contributed by atoms with E-state index in [0.717, 1.165) is 0 Å². The Bertz CT molecular complexity index is 1370. The Morgan fingerprint density at radius 1 is 1.11 bits per heavy atom.